The molecule has 2 aliphatic heterocycles. The molecule has 6 atom stereocenters. The largest absolute Gasteiger partial charge is 0.458 e. The van der Waals surface area contributed by atoms with E-state index in [4.69, 9.17) is 18.9 Å². The average molecular weight is 539 g/mol. The van der Waals surface area contributed by atoms with Gasteiger partial charge in [0.1, 0.15) is 12.4 Å². The molecule has 2 saturated carbocycles. The molecule has 2 heterocycles. The third kappa shape index (κ3) is 5.36. The van der Waals surface area contributed by atoms with Gasteiger partial charge in [-0.2, -0.15) is 0 Å². The summed E-state index contributed by atoms with van der Waals surface area (Å²) in [5.41, 5.74) is 2.15. The van der Waals surface area contributed by atoms with Crippen molar-refractivity contribution in [2.24, 2.45) is 22.7 Å². The van der Waals surface area contributed by atoms with E-state index in [2.05, 4.69) is 20.4 Å². The summed E-state index contributed by atoms with van der Waals surface area (Å²) >= 11 is 0. The van der Waals surface area contributed by atoms with Crippen molar-refractivity contribution in [2.45, 2.75) is 77.8 Å². The van der Waals surface area contributed by atoms with E-state index in [0.717, 1.165) is 25.7 Å². The molecular weight excluding hydrogens is 499 g/mol. The summed E-state index contributed by atoms with van der Waals surface area (Å²) in [6.45, 7) is 13.7. The van der Waals surface area contributed by atoms with Crippen molar-refractivity contribution < 1.29 is 32.9 Å². The van der Waals surface area contributed by atoms with E-state index in [0.29, 0.717) is 30.1 Å². The second-order valence-corrected chi connectivity index (χ2v) is 12.5. The third-order valence-corrected chi connectivity index (χ3v) is 9.53. The highest BCUT2D eigenvalue weighted by atomic mass is 19.1. The summed E-state index contributed by atoms with van der Waals surface area (Å²) in [4.78, 5) is 25.1. The molecule has 0 amide bonds. The number of carbonyl (C=O) groups is 2. The van der Waals surface area contributed by atoms with Crippen LogP contribution < -0.4 is 0 Å². The lowest BCUT2D eigenvalue weighted by Gasteiger charge is -2.63. The lowest BCUT2D eigenvalue weighted by molar-refractivity contribution is -0.344. The molecule has 1 unspecified atom stereocenters. The van der Waals surface area contributed by atoms with Gasteiger partial charge in [-0.15, -0.1) is 0 Å². The second-order valence-electron chi connectivity index (χ2n) is 12.5. The summed E-state index contributed by atoms with van der Waals surface area (Å²) in [5.74, 6) is -1.38. The molecule has 4 aliphatic rings. The Bertz CT molecular complexity index is 1200. The molecular formula is C32H39FO6. The Morgan fingerprint density at radius 3 is 2.64 bits per heavy atom. The zero-order valence-corrected chi connectivity index (χ0v) is 23.3. The maximum atomic E-state index is 13.1. The quantitative estimate of drug-likeness (QED) is 0.254. The van der Waals surface area contributed by atoms with Gasteiger partial charge in [0.15, 0.2) is 11.9 Å². The van der Waals surface area contributed by atoms with Crippen LogP contribution in [-0.2, 0) is 28.5 Å². The normalized spacial score (nSPS) is 36.9. The summed E-state index contributed by atoms with van der Waals surface area (Å²) in [5, 5.41) is 0. The number of cyclic esters (lactones) is 1. The number of benzene rings is 1. The molecule has 0 radical (unpaired) electrons. The van der Waals surface area contributed by atoms with E-state index in [1.807, 2.05) is 19.9 Å². The predicted octanol–water partition coefficient (Wildman–Crippen LogP) is 6.16. The van der Waals surface area contributed by atoms with E-state index in [9.17, 15) is 14.0 Å². The highest BCUT2D eigenvalue weighted by Gasteiger charge is 2.60. The third-order valence-electron chi connectivity index (χ3n) is 9.53. The van der Waals surface area contributed by atoms with E-state index in [-0.39, 0.29) is 35.3 Å². The predicted molar refractivity (Wildman–Crippen MR) is 145 cm³/mol. The van der Waals surface area contributed by atoms with E-state index < -0.39 is 23.8 Å². The minimum absolute atomic E-state index is 0.00346. The standard InChI is InChI=1S/C32H39FO6/c1-20-6-14-26-31(4,17-16-27-32(26,5)19-37-30(2,3)39-27)24(20)13-12-23-25(18-36-29(23)35)38-28(34)15-9-21-7-10-22(33)11-8-21/h7-12,15,24-27H,1,6,13-14,16-19H2,2-5H3/t24-,25-,26?,27-,31+,32+/m1/s1. The van der Waals surface area contributed by atoms with Crippen molar-refractivity contribution in [1.82, 2.24) is 0 Å². The van der Waals surface area contributed by atoms with Gasteiger partial charge in [-0.3, -0.25) is 0 Å². The highest BCUT2D eigenvalue weighted by Crippen LogP contribution is 2.63. The van der Waals surface area contributed by atoms with Gasteiger partial charge in [0.25, 0.3) is 0 Å². The molecule has 0 N–H and O–H groups in total. The Morgan fingerprint density at radius 1 is 1.15 bits per heavy atom. The molecule has 0 spiro atoms. The van der Waals surface area contributed by atoms with Gasteiger partial charge in [-0.25, -0.2) is 14.0 Å². The fourth-order valence-corrected chi connectivity index (χ4v) is 7.43. The molecule has 0 aromatic heterocycles. The van der Waals surface area contributed by atoms with Gasteiger partial charge in [0.2, 0.25) is 0 Å². The van der Waals surface area contributed by atoms with Crippen LogP contribution in [0.2, 0.25) is 0 Å². The first-order valence-electron chi connectivity index (χ1n) is 13.9. The Labute approximate surface area is 230 Å². The lowest BCUT2D eigenvalue weighted by atomic mass is 9.46. The van der Waals surface area contributed by atoms with Crippen molar-refractivity contribution in [2.75, 3.05) is 13.2 Å². The van der Waals surface area contributed by atoms with Crippen LogP contribution >= 0.6 is 0 Å². The molecule has 7 heteroatoms. The number of rotatable bonds is 5. The van der Waals surface area contributed by atoms with Gasteiger partial charge in [0.05, 0.1) is 18.3 Å². The van der Waals surface area contributed by atoms with Gasteiger partial charge in [-0.1, -0.05) is 44.2 Å². The summed E-state index contributed by atoms with van der Waals surface area (Å²) in [7, 11) is 0. The summed E-state index contributed by atoms with van der Waals surface area (Å²) < 4.78 is 36.5. The molecule has 39 heavy (non-hydrogen) atoms. The molecule has 1 aromatic rings. The number of ether oxygens (including phenoxy) is 4. The highest BCUT2D eigenvalue weighted by molar-refractivity contribution is 5.93. The van der Waals surface area contributed by atoms with Crippen LogP contribution in [0.25, 0.3) is 6.08 Å². The second kappa shape index (κ2) is 10.3. The maximum absolute atomic E-state index is 13.1. The summed E-state index contributed by atoms with van der Waals surface area (Å²) in [6, 6.07) is 5.78. The van der Waals surface area contributed by atoms with Crippen molar-refractivity contribution in [3.8, 4) is 0 Å². The number of allylic oxidation sites excluding steroid dienone is 2. The van der Waals surface area contributed by atoms with E-state index in [1.165, 1.54) is 23.8 Å². The van der Waals surface area contributed by atoms with Gasteiger partial charge < -0.3 is 18.9 Å². The molecule has 4 fully saturated rings. The molecule has 2 aliphatic carbocycles. The number of hydrogen-bond donors (Lipinski definition) is 0. The van der Waals surface area contributed by atoms with Gasteiger partial charge in [-0.05, 0) is 87.0 Å². The first-order valence-corrected chi connectivity index (χ1v) is 13.9. The molecule has 6 nitrogen and oxygen atoms in total. The fourth-order valence-electron chi connectivity index (χ4n) is 7.43. The molecule has 0 bridgehead atoms. The molecule has 5 rings (SSSR count). The maximum Gasteiger partial charge on any atom is 0.337 e. The molecule has 2 saturated heterocycles. The van der Waals surface area contributed by atoms with Crippen molar-refractivity contribution in [1.29, 1.82) is 0 Å². The minimum atomic E-state index is -0.765. The SMILES string of the molecule is C=C1CCC2[C@]3(C)COC(C)(C)O[C@@H]3CC[C@@]2(C)[C@@H]1CC=C1C(=O)OC[C@H]1OC(=O)C=Cc1ccc(F)cc1. The number of halogens is 1. The number of hydrogen-bond acceptors (Lipinski definition) is 6. The van der Waals surface area contributed by atoms with Crippen LogP contribution in [0.1, 0.15) is 65.4 Å². The van der Waals surface area contributed by atoms with Gasteiger partial charge >= 0.3 is 11.9 Å². The topological polar surface area (TPSA) is 71.1 Å². The van der Waals surface area contributed by atoms with Crippen LogP contribution in [0.15, 0.2) is 54.1 Å². The molecule has 210 valence electrons. The van der Waals surface area contributed by atoms with Crippen molar-refractivity contribution in [3.63, 3.8) is 0 Å². The Balaban J connectivity index is 1.30. The zero-order valence-electron chi connectivity index (χ0n) is 23.3. The van der Waals surface area contributed by atoms with Crippen molar-refractivity contribution in [3.05, 3.63) is 65.5 Å². The van der Waals surface area contributed by atoms with E-state index in [1.54, 1.807) is 18.2 Å². The van der Waals surface area contributed by atoms with E-state index >= 15 is 0 Å². The van der Waals surface area contributed by atoms with Crippen molar-refractivity contribution >= 4 is 18.0 Å². The van der Waals surface area contributed by atoms with Gasteiger partial charge in [0, 0.05) is 11.5 Å². The van der Waals surface area contributed by atoms with Crippen LogP contribution in [0.3, 0.4) is 0 Å². The fraction of sp³-hybridized carbons (Fsp3) is 0.562. The molecule has 1 aromatic carbocycles. The van der Waals surface area contributed by atoms with Crippen LogP contribution in [-0.4, -0.2) is 43.1 Å². The number of esters is 2. The number of carbonyl (C=O) groups excluding carboxylic acids is 2. The first kappa shape index (κ1) is 27.8. The Kier molecular flexibility index (Phi) is 7.36. The van der Waals surface area contributed by atoms with Crippen LogP contribution in [0.4, 0.5) is 4.39 Å². The Morgan fingerprint density at radius 2 is 1.90 bits per heavy atom. The monoisotopic (exact) mass is 538 g/mol. The minimum Gasteiger partial charge on any atom is -0.458 e. The zero-order chi connectivity index (χ0) is 28.0. The summed E-state index contributed by atoms with van der Waals surface area (Å²) in [6.07, 6.45) is 8.68. The lowest BCUT2D eigenvalue weighted by Crippen LogP contribution is -2.62. The average Bonchev–Trinajstić information content (AvgIpc) is 3.22. The van der Waals surface area contributed by atoms with Crippen LogP contribution in [0.5, 0.6) is 0 Å². The first-order chi connectivity index (χ1) is 18.4. The number of fused-ring (bicyclic) bond motifs is 3. The Hall–Kier alpha value is -2.77. The smallest absolute Gasteiger partial charge is 0.337 e. The van der Waals surface area contributed by atoms with Crippen LogP contribution in [0, 0.1) is 28.5 Å².